The Balaban J connectivity index is 1.69. The van der Waals surface area contributed by atoms with E-state index in [-0.39, 0.29) is 48.2 Å². The van der Waals surface area contributed by atoms with Gasteiger partial charge in [-0.1, -0.05) is 48.0 Å². The molecule has 0 aliphatic carbocycles. The molecule has 1 amide bonds. The molecular weight excluding hydrogens is 434 g/mol. The smallest absolute Gasteiger partial charge is 0.223 e. The number of benzene rings is 2. The van der Waals surface area contributed by atoms with Crippen molar-refractivity contribution in [3.05, 3.63) is 65.2 Å². The summed E-state index contributed by atoms with van der Waals surface area (Å²) in [6.45, 7) is 0.285. The highest BCUT2D eigenvalue weighted by molar-refractivity contribution is 7.91. The molecule has 0 spiro atoms. The van der Waals surface area contributed by atoms with Crippen molar-refractivity contribution in [3.63, 3.8) is 0 Å². The summed E-state index contributed by atoms with van der Waals surface area (Å²) in [5, 5.41) is -0.392. The maximum absolute atomic E-state index is 12.7. The molecule has 1 saturated heterocycles. The van der Waals surface area contributed by atoms with Crippen LogP contribution in [0.5, 0.6) is 0 Å². The number of nitrogens with zero attached hydrogens (tertiary/aromatic N) is 1. The Kier molecular flexibility index (Phi) is 6.65. The number of sulfone groups is 2. The minimum Gasteiger partial charge on any atom is -0.342 e. The number of rotatable bonds is 5. The quantitative estimate of drug-likeness (QED) is 0.691. The predicted octanol–water partition coefficient (Wildman–Crippen LogP) is 2.89. The molecule has 1 heterocycles. The molecule has 2 aromatic rings. The number of hydrogen-bond donors (Lipinski definition) is 0. The predicted molar refractivity (Wildman–Crippen MR) is 112 cm³/mol. The topological polar surface area (TPSA) is 88.6 Å². The summed E-state index contributed by atoms with van der Waals surface area (Å²) in [4.78, 5) is 14.2. The van der Waals surface area contributed by atoms with Crippen molar-refractivity contribution in [1.82, 2.24) is 4.90 Å². The zero-order valence-corrected chi connectivity index (χ0v) is 18.1. The molecular formula is C20H22ClNO5S2. The van der Waals surface area contributed by atoms with Crippen LogP contribution in [-0.4, -0.2) is 52.2 Å². The van der Waals surface area contributed by atoms with E-state index < -0.39 is 24.9 Å². The van der Waals surface area contributed by atoms with Crippen molar-refractivity contribution in [2.45, 2.75) is 23.0 Å². The van der Waals surface area contributed by atoms with Gasteiger partial charge < -0.3 is 4.90 Å². The highest BCUT2D eigenvalue weighted by Gasteiger charge is 2.33. The minimum atomic E-state index is -3.57. The van der Waals surface area contributed by atoms with Crippen LogP contribution in [0.3, 0.4) is 0 Å². The van der Waals surface area contributed by atoms with Gasteiger partial charge in [0.15, 0.2) is 19.7 Å². The molecule has 1 fully saturated rings. The number of carbonyl (C=O) groups is 1. The molecule has 0 aromatic heterocycles. The Morgan fingerprint density at radius 3 is 2.38 bits per heavy atom. The fourth-order valence-corrected chi connectivity index (χ4v) is 6.80. The van der Waals surface area contributed by atoms with Gasteiger partial charge in [-0.3, -0.25) is 4.79 Å². The first kappa shape index (κ1) is 21.8. The van der Waals surface area contributed by atoms with Gasteiger partial charge in [0.1, 0.15) is 0 Å². The average molecular weight is 456 g/mol. The van der Waals surface area contributed by atoms with Crippen LogP contribution >= 0.6 is 11.6 Å². The number of carbonyl (C=O) groups excluding carboxylic acids is 1. The van der Waals surface area contributed by atoms with Gasteiger partial charge in [0, 0.05) is 24.5 Å². The molecule has 2 aromatic carbocycles. The summed E-state index contributed by atoms with van der Waals surface area (Å²) < 4.78 is 50.2. The molecule has 3 rings (SSSR count). The van der Waals surface area contributed by atoms with E-state index in [0.29, 0.717) is 10.6 Å². The van der Waals surface area contributed by atoms with Crippen LogP contribution in [0.1, 0.15) is 23.7 Å². The van der Waals surface area contributed by atoms with Gasteiger partial charge in [-0.25, -0.2) is 16.8 Å². The number of hydrogen-bond acceptors (Lipinski definition) is 5. The second-order valence-electron chi connectivity index (χ2n) is 6.93. The van der Waals surface area contributed by atoms with E-state index in [1.165, 1.54) is 17.0 Å². The first-order valence-electron chi connectivity index (χ1n) is 9.22. The zero-order chi connectivity index (χ0) is 21.1. The van der Waals surface area contributed by atoms with Crippen LogP contribution in [0.25, 0.3) is 0 Å². The van der Waals surface area contributed by atoms with E-state index >= 15 is 0 Å². The fourth-order valence-electron chi connectivity index (χ4n) is 3.40. The Morgan fingerprint density at radius 2 is 1.69 bits per heavy atom. The Morgan fingerprint density at radius 1 is 1.03 bits per heavy atom. The van der Waals surface area contributed by atoms with Gasteiger partial charge in [0.05, 0.1) is 21.7 Å². The van der Waals surface area contributed by atoms with Crippen LogP contribution < -0.4 is 0 Å². The molecule has 0 radical (unpaired) electrons. The van der Waals surface area contributed by atoms with Crippen molar-refractivity contribution < 1.29 is 21.6 Å². The molecule has 1 aliphatic rings. The monoisotopic (exact) mass is 455 g/mol. The Bertz CT molecular complexity index is 1080. The molecule has 29 heavy (non-hydrogen) atoms. The second kappa shape index (κ2) is 8.85. The highest BCUT2D eigenvalue weighted by atomic mass is 35.5. The summed E-state index contributed by atoms with van der Waals surface area (Å²) in [7, 11) is -7.05. The van der Waals surface area contributed by atoms with Crippen molar-refractivity contribution in [3.8, 4) is 0 Å². The number of amides is 1. The van der Waals surface area contributed by atoms with Gasteiger partial charge in [-0.05, 0) is 30.2 Å². The van der Waals surface area contributed by atoms with Crippen LogP contribution in [0.2, 0.25) is 5.02 Å². The van der Waals surface area contributed by atoms with Crippen LogP contribution in [0, 0.1) is 0 Å². The number of halogens is 1. The highest BCUT2D eigenvalue weighted by Crippen LogP contribution is 2.33. The zero-order valence-electron chi connectivity index (χ0n) is 15.7. The molecule has 1 aliphatic heterocycles. The molecule has 6 nitrogen and oxygen atoms in total. The normalized spacial score (nSPS) is 19.5. The summed E-state index contributed by atoms with van der Waals surface area (Å²) in [6.07, 6.45) is 0.0390. The molecule has 0 N–H and O–H groups in total. The maximum atomic E-state index is 12.7. The van der Waals surface area contributed by atoms with Crippen molar-refractivity contribution in [1.29, 1.82) is 0 Å². The third-order valence-electron chi connectivity index (χ3n) is 5.03. The van der Waals surface area contributed by atoms with E-state index in [1.807, 2.05) is 0 Å². The Labute approximate surface area is 176 Å². The van der Waals surface area contributed by atoms with Crippen molar-refractivity contribution >= 4 is 37.2 Å². The van der Waals surface area contributed by atoms with Gasteiger partial charge in [0.25, 0.3) is 0 Å². The van der Waals surface area contributed by atoms with Crippen LogP contribution in [0.15, 0.2) is 59.5 Å². The molecule has 1 atom stereocenters. The third kappa shape index (κ3) is 5.18. The van der Waals surface area contributed by atoms with E-state index in [9.17, 15) is 21.6 Å². The van der Waals surface area contributed by atoms with E-state index in [1.54, 1.807) is 42.5 Å². The Hall–Kier alpha value is -1.90. The molecule has 156 valence electrons. The lowest BCUT2D eigenvalue weighted by Gasteiger charge is -2.20. The van der Waals surface area contributed by atoms with E-state index in [2.05, 4.69) is 0 Å². The lowest BCUT2D eigenvalue weighted by atomic mass is 10.1. The standard InChI is InChI=1S/C20H22ClNO5S2/c21-18-9-5-4-8-17(18)19-10-12-22(13-15-29(19,26)27)20(23)11-14-28(24,25)16-6-2-1-3-7-16/h1-9,19H,10-15H2. The molecule has 0 bridgehead atoms. The average Bonchev–Trinajstić information content (AvgIpc) is 2.85. The summed E-state index contributed by atoms with van der Waals surface area (Å²) in [6, 6.07) is 14.8. The summed E-state index contributed by atoms with van der Waals surface area (Å²) >= 11 is 6.18. The lowest BCUT2D eigenvalue weighted by Crippen LogP contribution is -2.34. The van der Waals surface area contributed by atoms with Crippen LogP contribution in [0.4, 0.5) is 0 Å². The largest absolute Gasteiger partial charge is 0.342 e. The van der Waals surface area contributed by atoms with Crippen molar-refractivity contribution in [2.24, 2.45) is 0 Å². The van der Waals surface area contributed by atoms with Gasteiger partial charge in [-0.2, -0.15) is 0 Å². The fraction of sp³-hybridized carbons (Fsp3) is 0.350. The van der Waals surface area contributed by atoms with Gasteiger partial charge >= 0.3 is 0 Å². The molecule has 9 heteroatoms. The van der Waals surface area contributed by atoms with Crippen LogP contribution in [-0.2, 0) is 24.5 Å². The third-order valence-corrected chi connectivity index (χ3v) is 9.22. The summed E-state index contributed by atoms with van der Waals surface area (Å²) in [5.74, 6) is -0.855. The minimum absolute atomic E-state index is 0.0491. The lowest BCUT2D eigenvalue weighted by molar-refractivity contribution is -0.130. The SMILES string of the molecule is O=C(CCS(=O)(=O)c1ccccc1)N1CCC(c2ccccc2Cl)S(=O)(=O)CC1. The second-order valence-corrected chi connectivity index (χ2v) is 11.7. The maximum Gasteiger partial charge on any atom is 0.223 e. The van der Waals surface area contributed by atoms with Gasteiger partial charge in [-0.15, -0.1) is 0 Å². The first-order chi connectivity index (χ1) is 13.7. The molecule has 1 unspecified atom stereocenters. The summed E-state index contributed by atoms with van der Waals surface area (Å²) in [5.41, 5.74) is 0.537. The molecule has 0 saturated carbocycles. The van der Waals surface area contributed by atoms with Gasteiger partial charge in [0.2, 0.25) is 5.91 Å². The van der Waals surface area contributed by atoms with E-state index in [0.717, 1.165) is 0 Å². The van der Waals surface area contributed by atoms with Crippen molar-refractivity contribution in [2.75, 3.05) is 24.6 Å². The first-order valence-corrected chi connectivity index (χ1v) is 13.0. The van der Waals surface area contributed by atoms with E-state index in [4.69, 9.17) is 11.6 Å².